The summed E-state index contributed by atoms with van der Waals surface area (Å²) in [6, 6.07) is 0.478. The first kappa shape index (κ1) is 12.6. The maximum atomic E-state index is 10.5. The molecule has 5 aliphatic rings. The zero-order chi connectivity index (χ0) is 14.4. The van der Waals surface area contributed by atoms with Crippen LogP contribution in [-0.4, -0.2) is 59.2 Å². The van der Waals surface area contributed by atoms with Gasteiger partial charge in [0.2, 0.25) is 0 Å². The quantitative estimate of drug-likeness (QED) is 0.642. The Labute approximate surface area is 124 Å². The number of allylic oxidation sites excluding steroid dienone is 1. The minimum atomic E-state index is -0.576. The lowest BCUT2D eigenvalue weighted by Gasteiger charge is -2.57. The van der Waals surface area contributed by atoms with Crippen LogP contribution in [0.15, 0.2) is 35.5 Å². The molecule has 2 saturated heterocycles. The molecule has 3 unspecified atom stereocenters. The summed E-state index contributed by atoms with van der Waals surface area (Å²) in [7, 11) is 2.20. The molecule has 0 aromatic carbocycles. The van der Waals surface area contributed by atoms with Crippen LogP contribution in [0, 0.1) is 11.3 Å². The Morgan fingerprint density at radius 2 is 2.10 bits per heavy atom. The van der Waals surface area contributed by atoms with Gasteiger partial charge in [0.1, 0.15) is 12.2 Å². The fraction of sp³-hybridized carbons (Fsp3) is 0.647. The molecule has 0 aromatic rings. The van der Waals surface area contributed by atoms with Gasteiger partial charge < -0.3 is 19.8 Å². The van der Waals surface area contributed by atoms with Gasteiger partial charge in [-0.15, -0.1) is 0 Å². The van der Waals surface area contributed by atoms with Crippen LogP contribution in [0.5, 0.6) is 0 Å². The number of likely N-dealkylation sites (tertiary alicyclic amines) is 1. The SMILES string of the molecule is CN1CC[C@]23C4=C5C=CC(O)C4O[C@H]2[C@@H](O)C=CC3[C@H]1C5. The minimum absolute atomic E-state index is 0.102. The summed E-state index contributed by atoms with van der Waals surface area (Å²) >= 11 is 0. The van der Waals surface area contributed by atoms with Crippen LogP contribution in [0.3, 0.4) is 0 Å². The lowest BCUT2D eigenvalue weighted by atomic mass is 9.52. The fourth-order valence-corrected chi connectivity index (χ4v) is 5.57. The van der Waals surface area contributed by atoms with Crippen molar-refractivity contribution in [2.45, 2.75) is 43.3 Å². The number of ether oxygens (including phenoxy) is 1. The lowest BCUT2D eigenvalue weighted by molar-refractivity contribution is -0.107. The Hall–Kier alpha value is -0.940. The first-order chi connectivity index (χ1) is 10.1. The van der Waals surface area contributed by atoms with E-state index in [0.29, 0.717) is 12.0 Å². The fourth-order valence-electron chi connectivity index (χ4n) is 5.57. The second-order valence-corrected chi connectivity index (χ2v) is 7.21. The van der Waals surface area contributed by atoms with Crippen molar-refractivity contribution in [1.29, 1.82) is 0 Å². The van der Waals surface area contributed by atoms with Crippen LogP contribution in [0.4, 0.5) is 0 Å². The van der Waals surface area contributed by atoms with Crippen molar-refractivity contribution in [2.24, 2.45) is 11.3 Å². The average molecular weight is 287 g/mol. The molecule has 2 N–H and O–H groups in total. The summed E-state index contributed by atoms with van der Waals surface area (Å²) in [5.74, 6) is 0.395. The van der Waals surface area contributed by atoms with Crippen LogP contribution in [-0.2, 0) is 4.74 Å². The van der Waals surface area contributed by atoms with Gasteiger partial charge in [-0.1, -0.05) is 24.3 Å². The van der Waals surface area contributed by atoms with E-state index in [9.17, 15) is 10.2 Å². The Kier molecular flexibility index (Phi) is 2.32. The highest BCUT2D eigenvalue weighted by molar-refractivity contribution is 5.49. The number of piperidine rings is 1. The first-order valence-electron chi connectivity index (χ1n) is 7.95. The minimum Gasteiger partial charge on any atom is -0.386 e. The summed E-state index contributed by atoms with van der Waals surface area (Å²) in [5, 5.41) is 20.8. The van der Waals surface area contributed by atoms with E-state index in [1.54, 1.807) is 0 Å². The van der Waals surface area contributed by atoms with E-state index in [1.165, 1.54) is 11.1 Å². The monoisotopic (exact) mass is 287 g/mol. The van der Waals surface area contributed by atoms with Gasteiger partial charge in [0, 0.05) is 17.4 Å². The van der Waals surface area contributed by atoms with Gasteiger partial charge in [-0.3, -0.25) is 0 Å². The van der Waals surface area contributed by atoms with Gasteiger partial charge in [0.05, 0.1) is 12.2 Å². The standard InChI is InChI=1S/C17H21NO3/c1-18-7-6-17-10-3-5-13(20)16(17)21-15-12(19)4-2-9(14(15)17)8-11(10)18/h2-5,10-13,15-16,19-20H,6-8H2,1H3/t10?,11-,12?,13+,15?,16+,17+/m1/s1. The molecule has 4 nitrogen and oxygen atoms in total. The van der Waals surface area contributed by atoms with Crippen molar-refractivity contribution < 1.29 is 14.9 Å². The molecule has 2 bridgehead atoms. The summed E-state index contributed by atoms with van der Waals surface area (Å²) in [4.78, 5) is 2.45. The highest BCUT2D eigenvalue weighted by Crippen LogP contribution is 2.63. The molecule has 7 atom stereocenters. The van der Waals surface area contributed by atoms with E-state index in [1.807, 2.05) is 12.2 Å². The zero-order valence-electron chi connectivity index (χ0n) is 12.1. The van der Waals surface area contributed by atoms with E-state index in [-0.39, 0.29) is 17.6 Å². The number of nitrogens with zero attached hydrogens (tertiary/aromatic N) is 1. The van der Waals surface area contributed by atoms with Crippen LogP contribution < -0.4 is 0 Å². The number of hydrogen-bond acceptors (Lipinski definition) is 4. The van der Waals surface area contributed by atoms with Crippen LogP contribution in [0.2, 0.25) is 0 Å². The third kappa shape index (κ3) is 1.31. The summed E-state index contributed by atoms with van der Waals surface area (Å²) in [6.45, 7) is 1.03. The van der Waals surface area contributed by atoms with Gasteiger partial charge in [-0.25, -0.2) is 0 Å². The molecule has 4 heteroatoms. The van der Waals surface area contributed by atoms with Crippen molar-refractivity contribution >= 4 is 0 Å². The molecule has 1 spiro atoms. The van der Waals surface area contributed by atoms with Gasteiger partial charge in [0.15, 0.2) is 0 Å². The number of aliphatic hydroxyl groups is 2. The predicted octanol–water partition coefficient (Wildman–Crippen LogP) is 0.622. The molecule has 2 heterocycles. The topological polar surface area (TPSA) is 52.9 Å². The molecule has 0 radical (unpaired) electrons. The van der Waals surface area contributed by atoms with Crippen molar-refractivity contribution in [3.05, 3.63) is 35.5 Å². The average Bonchev–Trinajstić information content (AvgIpc) is 2.83. The molecule has 5 rings (SSSR count). The summed E-state index contributed by atoms with van der Waals surface area (Å²) in [6.07, 6.45) is 8.50. The normalized spacial score (nSPS) is 54.0. The highest BCUT2D eigenvalue weighted by atomic mass is 16.5. The highest BCUT2D eigenvalue weighted by Gasteiger charge is 2.66. The second-order valence-electron chi connectivity index (χ2n) is 7.21. The van der Waals surface area contributed by atoms with Crippen LogP contribution >= 0.6 is 0 Å². The van der Waals surface area contributed by atoms with Gasteiger partial charge >= 0.3 is 0 Å². The molecule has 0 amide bonds. The number of aliphatic hydroxyl groups excluding tert-OH is 2. The Morgan fingerprint density at radius 1 is 1.24 bits per heavy atom. The Balaban J connectivity index is 1.77. The molecular formula is C17H21NO3. The van der Waals surface area contributed by atoms with Gasteiger partial charge in [0.25, 0.3) is 0 Å². The summed E-state index contributed by atoms with van der Waals surface area (Å²) in [5.41, 5.74) is 2.53. The smallest absolute Gasteiger partial charge is 0.110 e. The zero-order valence-corrected chi connectivity index (χ0v) is 12.1. The van der Waals surface area contributed by atoms with Crippen LogP contribution in [0.25, 0.3) is 0 Å². The van der Waals surface area contributed by atoms with E-state index in [0.717, 1.165) is 19.4 Å². The molecule has 112 valence electrons. The predicted molar refractivity (Wildman–Crippen MR) is 77.6 cm³/mol. The first-order valence-corrected chi connectivity index (χ1v) is 7.95. The third-order valence-electron chi connectivity index (χ3n) is 6.45. The Morgan fingerprint density at radius 3 is 2.95 bits per heavy atom. The Bertz CT molecular complexity index is 595. The largest absolute Gasteiger partial charge is 0.386 e. The number of rotatable bonds is 0. The van der Waals surface area contributed by atoms with Gasteiger partial charge in [-0.05, 0) is 37.6 Å². The number of hydrogen-bond donors (Lipinski definition) is 2. The van der Waals surface area contributed by atoms with Gasteiger partial charge in [-0.2, -0.15) is 0 Å². The molecule has 0 aromatic heterocycles. The van der Waals surface area contributed by atoms with Crippen molar-refractivity contribution in [2.75, 3.05) is 13.6 Å². The second kappa shape index (κ2) is 3.87. The maximum absolute atomic E-state index is 10.5. The molecule has 3 aliphatic carbocycles. The molecule has 2 fully saturated rings. The van der Waals surface area contributed by atoms with Crippen LogP contribution in [0.1, 0.15) is 12.8 Å². The van der Waals surface area contributed by atoms with Crippen molar-refractivity contribution in [1.82, 2.24) is 4.90 Å². The molecule has 2 aliphatic heterocycles. The van der Waals surface area contributed by atoms with Crippen molar-refractivity contribution in [3.8, 4) is 0 Å². The maximum Gasteiger partial charge on any atom is 0.110 e. The van der Waals surface area contributed by atoms with E-state index < -0.39 is 12.2 Å². The van der Waals surface area contributed by atoms with E-state index in [4.69, 9.17) is 4.74 Å². The van der Waals surface area contributed by atoms with E-state index in [2.05, 4.69) is 24.1 Å². The van der Waals surface area contributed by atoms with Crippen molar-refractivity contribution in [3.63, 3.8) is 0 Å². The molecule has 21 heavy (non-hydrogen) atoms. The molecule has 0 saturated carbocycles. The third-order valence-corrected chi connectivity index (χ3v) is 6.45. The molecular weight excluding hydrogens is 266 g/mol. The van der Waals surface area contributed by atoms with E-state index >= 15 is 0 Å². The lowest BCUT2D eigenvalue weighted by Crippen LogP contribution is -2.61. The summed E-state index contributed by atoms with van der Waals surface area (Å²) < 4.78 is 6.21.